The van der Waals surface area contributed by atoms with Gasteiger partial charge in [0.1, 0.15) is 0 Å². The predicted octanol–water partition coefficient (Wildman–Crippen LogP) is 3.78. The van der Waals surface area contributed by atoms with E-state index >= 15 is 0 Å². The number of benzene rings is 2. The quantitative estimate of drug-likeness (QED) is 0.751. The van der Waals surface area contributed by atoms with Gasteiger partial charge in [-0.3, -0.25) is 14.4 Å². The molecule has 1 N–H and O–H groups in total. The molecule has 2 heterocycles. The minimum absolute atomic E-state index is 0.0729. The normalized spacial score (nSPS) is 18.6. The monoisotopic (exact) mass is 463 g/mol. The second kappa shape index (κ2) is 8.88. The summed E-state index contributed by atoms with van der Waals surface area (Å²) in [6.45, 7) is 1.81. The lowest BCUT2D eigenvalue weighted by Crippen LogP contribution is -2.51. The van der Waals surface area contributed by atoms with Crippen LogP contribution in [0, 0.1) is 0 Å². The van der Waals surface area contributed by atoms with Gasteiger partial charge < -0.3 is 15.1 Å². The van der Waals surface area contributed by atoms with E-state index in [0.29, 0.717) is 47.5 Å². The molecule has 0 bridgehead atoms. The maximum Gasteiger partial charge on any atom is 0.253 e. The Morgan fingerprint density at radius 2 is 1.60 bits per heavy atom. The average Bonchev–Trinajstić information content (AvgIpc) is 2.74. The molecule has 156 valence electrons. The molecule has 9 heteroatoms. The molecule has 1 unspecified atom stereocenters. The Morgan fingerprint density at radius 3 is 2.30 bits per heavy atom. The Kier molecular flexibility index (Phi) is 6.22. The molecular formula is C21H19Cl2N3O3S. The van der Waals surface area contributed by atoms with E-state index in [2.05, 4.69) is 5.32 Å². The molecule has 2 aromatic rings. The number of piperazine rings is 1. The summed E-state index contributed by atoms with van der Waals surface area (Å²) >= 11 is 13.2. The molecule has 0 aromatic heterocycles. The van der Waals surface area contributed by atoms with E-state index in [1.165, 1.54) is 11.8 Å². The zero-order chi connectivity index (χ0) is 21.3. The van der Waals surface area contributed by atoms with Crippen molar-refractivity contribution in [2.75, 3.05) is 31.5 Å². The minimum Gasteiger partial charge on any atom is -0.339 e. The van der Waals surface area contributed by atoms with Gasteiger partial charge in [-0.25, -0.2) is 0 Å². The fourth-order valence-corrected chi connectivity index (χ4v) is 4.86. The summed E-state index contributed by atoms with van der Waals surface area (Å²) in [6, 6.07) is 12.1. The van der Waals surface area contributed by atoms with Gasteiger partial charge in [-0.2, -0.15) is 0 Å². The third-order valence-corrected chi connectivity index (χ3v) is 6.89. The van der Waals surface area contributed by atoms with Crippen LogP contribution < -0.4 is 5.32 Å². The number of carbonyl (C=O) groups excluding carboxylic acids is 3. The summed E-state index contributed by atoms with van der Waals surface area (Å²) in [5.74, 6) is -0.352. The van der Waals surface area contributed by atoms with Gasteiger partial charge >= 0.3 is 0 Å². The Labute approximate surface area is 188 Å². The highest BCUT2D eigenvalue weighted by atomic mass is 35.5. The molecule has 2 aliphatic rings. The average molecular weight is 464 g/mol. The third-order valence-electron chi connectivity index (χ3n) is 5.13. The Hall–Kier alpha value is -2.22. The lowest BCUT2D eigenvalue weighted by molar-refractivity contribution is -0.134. The summed E-state index contributed by atoms with van der Waals surface area (Å²) in [7, 11) is 0. The molecule has 0 aliphatic carbocycles. The number of nitrogens with one attached hydrogen (secondary N) is 1. The first kappa shape index (κ1) is 21.0. The van der Waals surface area contributed by atoms with Gasteiger partial charge in [0.25, 0.3) is 5.91 Å². The largest absolute Gasteiger partial charge is 0.339 e. The van der Waals surface area contributed by atoms with Crippen LogP contribution in [-0.4, -0.2) is 59.0 Å². The zero-order valence-electron chi connectivity index (χ0n) is 15.9. The number of amides is 3. The van der Waals surface area contributed by atoms with Crippen LogP contribution in [0.2, 0.25) is 10.0 Å². The summed E-state index contributed by atoms with van der Waals surface area (Å²) in [6.07, 6.45) is 0.115. The summed E-state index contributed by atoms with van der Waals surface area (Å²) in [4.78, 5) is 42.1. The lowest BCUT2D eigenvalue weighted by Gasteiger charge is -2.35. The third kappa shape index (κ3) is 4.58. The van der Waals surface area contributed by atoms with Crippen LogP contribution in [0.4, 0.5) is 5.69 Å². The Balaban J connectivity index is 1.32. The van der Waals surface area contributed by atoms with Crippen LogP contribution >= 0.6 is 35.0 Å². The van der Waals surface area contributed by atoms with Gasteiger partial charge in [-0.1, -0.05) is 23.2 Å². The maximum absolute atomic E-state index is 12.8. The van der Waals surface area contributed by atoms with Crippen molar-refractivity contribution in [1.82, 2.24) is 9.80 Å². The topological polar surface area (TPSA) is 69.7 Å². The molecular weight excluding hydrogens is 445 g/mol. The molecule has 0 saturated carbocycles. The molecule has 6 nitrogen and oxygen atoms in total. The molecule has 1 saturated heterocycles. The number of fused-ring (bicyclic) bond motifs is 1. The van der Waals surface area contributed by atoms with Gasteiger partial charge in [-0.15, -0.1) is 11.8 Å². The standard InChI is InChI=1S/C21H19Cl2N3O3S/c22-14-3-1-13(2-4-14)21(29)26-9-7-25(8-10-26)19(27)12-18-20(28)24-16-11-15(23)5-6-17(16)30-18/h1-6,11,18H,7-10,12H2,(H,24,28). The van der Waals surface area contributed by atoms with Crippen molar-refractivity contribution in [1.29, 1.82) is 0 Å². The molecule has 30 heavy (non-hydrogen) atoms. The second-order valence-corrected chi connectivity index (χ2v) is 9.24. The van der Waals surface area contributed by atoms with Gasteiger partial charge in [0, 0.05) is 53.1 Å². The van der Waals surface area contributed by atoms with Crippen LogP contribution in [0.3, 0.4) is 0 Å². The SMILES string of the molecule is O=C1Nc2cc(Cl)ccc2SC1CC(=O)N1CCN(C(=O)c2ccc(Cl)cc2)CC1. The first-order valence-corrected chi connectivity index (χ1v) is 11.1. The number of thioether (sulfide) groups is 1. The molecule has 3 amide bonds. The van der Waals surface area contributed by atoms with Crippen LogP contribution in [0.1, 0.15) is 16.8 Å². The highest BCUT2D eigenvalue weighted by molar-refractivity contribution is 8.01. The van der Waals surface area contributed by atoms with Crippen LogP contribution in [0.5, 0.6) is 0 Å². The Bertz CT molecular complexity index is 991. The maximum atomic E-state index is 12.8. The highest BCUT2D eigenvalue weighted by Gasteiger charge is 2.32. The van der Waals surface area contributed by atoms with Gasteiger partial charge in [0.05, 0.1) is 10.9 Å². The van der Waals surface area contributed by atoms with E-state index < -0.39 is 5.25 Å². The molecule has 0 spiro atoms. The number of anilines is 1. The van der Waals surface area contributed by atoms with E-state index in [4.69, 9.17) is 23.2 Å². The van der Waals surface area contributed by atoms with E-state index in [1.54, 1.807) is 46.2 Å². The highest BCUT2D eigenvalue weighted by Crippen LogP contribution is 2.38. The smallest absolute Gasteiger partial charge is 0.253 e. The fraction of sp³-hybridized carbons (Fsp3) is 0.286. The van der Waals surface area contributed by atoms with Gasteiger partial charge in [-0.05, 0) is 42.5 Å². The number of hydrogen-bond donors (Lipinski definition) is 1. The number of nitrogens with zero attached hydrogens (tertiary/aromatic N) is 2. The second-order valence-electron chi connectivity index (χ2n) is 7.12. The Morgan fingerprint density at radius 1 is 0.967 bits per heavy atom. The van der Waals surface area contributed by atoms with E-state index in [1.807, 2.05) is 6.07 Å². The number of halogens is 2. The molecule has 4 rings (SSSR count). The molecule has 0 radical (unpaired) electrons. The first-order chi connectivity index (χ1) is 14.4. The summed E-state index contributed by atoms with van der Waals surface area (Å²) < 4.78 is 0. The van der Waals surface area contributed by atoms with Crippen molar-refractivity contribution >= 4 is 58.4 Å². The predicted molar refractivity (Wildman–Crippen MR) is 118 cm³/mol. The number of carbonyl (C=O) groups is 3. The van der Waals surface area contributed by atoms with Crippen molar-refractivity contribution in [3.05, 3.63) is 58.1 Å². The van der Waals surface area contributed by atoms with E-state index in [-0.39, 0.29) is 24.1 Å². The molecule has 2 aromatic carbocycles. The van der Waals surface area contributed by atoms with Crippen LogP contribution in [0.25, 0.3) is 0 Å². The van der Waals surface area contributed by atoms with Crippen molar-refractivity contribution < 1.29 is 14.4 Å². The fourth-order valence-electron chi connectivity index (χ4n) is 3.48. The molecule has 1 atom stereocenters. The van der Waals surface area contributed by atoms with Gasteiger partial charge in [0.15, 0.2) is 0 Å². The van der Waals surface area contributed by atoms with Crippen molar-refractivity contribution in [2.45, 2.75) is 16.6 Å². The van der Waals surface area contributed by atoms with Crippen molar-refractivity contribution in [3.8, 4) is 0 Å². The summed E-state index contributed by atoms with van der Waals surface area (Å²) in [5, 5.41) is 3.47. The van der Waals surface area contributed by atoms with E-state index in [0.717, 1.165) is 4.90 Å². The van der Waals surface area contributed by atoms with Crippen molar-refractivity contribution in [2.24, 2.45) is 0 Å². The first-order valence-electron chi connectivity index (χ1n) is 9.50. The minimum atomic E-state index is -0.486. The van der Waals surface area contributed by atoms with Crippen LogP contribution in [-0.2, 0) is 9.59 Å². The van der Waals surface area contributed by atoms with E-state index in [9.17, 15) is 14.4 Å². The van der Waals surface area contributed by atoms with Crippen molar-refractivity contribution in [3.63, 3.8) is 0 Å². The van der Waals surface area contributed by atoms with Crippen LogP contribution in [0.15, 0.2) is 47.4 Å². The number of rotatable bonds is 3. The molecule has 1 fully saturated rings. The molecule has 2 aliphatic heterocycles. The van der Waals surface area contributed by atoms with Gasteiger partial charge in [0.2, 0.25) is 11.8 Å². The number of hydrogen-bond acceptors (Lipinski definition) is 4. The summed E-state index contributed by atoms with van der Waals surface area (Å²) in [5.41, 5.74) is 1.25. The lowest BCUT2D eigenvalue weighted by atomic mass is 10.1. The zero-order valence-corrected chi connectivity index (χ0v) is 18.3.